The molecule has 1 aromatic rings. The molecule has 0 amide bonds. The molecule has 0 fully saturated rings. The summed E-state index contributed by atoms with van der Waals surface area (Å²) in [7, 11) is 0. The summed E-state index contributed by atoms with van der Waals surface area (Å²) in [6.45, 7) is 2.54. The van der Waals surface area contributed by atoms with Gasteiger partial charge in [-0.25, -0.2) is 4.98 Å². The van der Waals surface area contributed by atoms with Crippen molar-refractivity contribution in [2.75, 3.05) is 11.9 Å². The summed E-state index contributed by atoms with van der Waals surface area (Å²) in [5.74, 6) is 0.692. The summed E-state index contributed by atoms with van der Waals surface area (Å²) in [5.41, 5.74) is 5.44. The van der Waals surface area contributed by atoms with Crippen molar-refractivity contribution in [1.82, 2.24) is 4.98 Å². The van der Waals surface area contributed by atoms with E-state index in [1.807, 2.05) is 6.92 Å². The van der Waals surface area contributed by atoms with E-state index in [2.05, 4.69) is 10.3 Å². The van der Waals surface area contributed by atoms with E-state index in [1.165, 1.54) is 0 Å². The molecule has 3 nitrogen and oxygen atoms in total. The van der Waals surface area contributed by atoms with Crippen LogP contribution in [0.3, 0.4) is 0 Å². The Morgan fingerprint density at radius 3 is 3.08 bits per heavy atom. The molecule has 1 heterocycles. The van der Waals surface area contributed by atoms with Crippen LogP contribution >= 0.6 is 11.6 Å². The van der Waals surface area contributed by atoms with Crippen LogP contribution in [0.4, 0.5) is 5.82 Å². The monoisotopic (exact) mass is 185 g/mol. The van der Waals surface area contributed by atoms with E-state index in [4.69, 9.17) is 17.3 Å². The lowest BCUT2D eigenvalue weighted by molar-refractivity contribution is 0.798. The Balaban J connectivity index is 2.69. The van der Waals surface area contributed by atoms with Crippen LogP contribution in [0.15, 0.2) is 18.3 Å². The first-order valence-corrected chi connectivity index (χ1v) is 4.19. The van der Waals surface area contributed by atoms with Gasteiger partial charge in [-0.05, 0) is 19.1 Å². The highest BCUT2D eigenvalue weighted by atomic mass is 35.5. The van der Waals surface area contributed by atoms with E-state index in [0.717, 1.165) is 0 Å². The first-order valence-electron chi connectivity index (χ1n) is 3.81. The molecular formula is C8H12ClN3. The SMILES string of the molecule is CC(CN)Nc1ncccc1Cl. The maximum absolute atomic E-state index is 5.86. The van der Waals surface area contributed by atoms with Crippen molar-refractivity contribution in [3.63, 3.8) is 0 Å². The van der Waals surface area contributed by atoms with Crippen LogP contribution < -0.4 is 11.1 Å². The van der Waals surface area contributed by atoms with Crippen molar-refractivity contribution >= 4 is 17.4 Å². The Morgan fingerprint density at radius 1 is 1.75 bits per heavy atom. The number of rotatable bonds is 3. The van der Waals surface area contributed by atoms with Gasteiger partial charge in [0.15, 0.2) is 0 Å². The summed E-state index contributed by atoms with van der Waals surface area (Å²) in [6, 6.07) is 3.78. The Morgan fingerprint density at radius 2 is 2.50 bits per heavy atom. The lowest BCUT2D eigenvalue weighted by Crippen LogP contribution is -2.25. The molecule has 0 aliphatic carbocycles. The lowest BCUT2D eigenvalue weighted by Gasteiger charge is -2.12. The van der Waals surface area contributed by atoms with Gasteiger partial charge in [0.05, 0.1) is 5.02 Å². The molecule has 0 aliphatic rings. The Bertz CT molecular complexity index is 252. The second-order valence-corrected chi connectivity index (χ2v) is 3.02. The summed E-state index contributed by atoms with van der Waals surface area (Å²) in [4.78, 5) is 4.07. The molecule has 3 N–H and O–H groups in total. The second-order valence-electron chi connectivity index (χ2n) is 2.61. The molecule has 1 rings (SSSR count). The number of pyridine rings is 1. The van der Waals surface area contributed by atoms with Crippen molar-refractivity contribution in [3.8, 4) is 0 Å². The van der Waals surface area contributed by atoms with Gasteiger partial charge in [-0.3, -0.25) is 0 Å². The highest BCUT2D eigenvalue weighted by Gasteiger charge is 2.02. The van der Waals surface area contributed by atoms with Crippen molar-refractivity contribution < 1.29 is 0 Å². The lowest BCUT2D eigenvalue weighted by atomic mass is 10.3. The van der Waals surface area contributed by atoms with Gasteiger partial charge in [-0.2, -0.15) is 0 Å². The summed E-state index contributed by atoms with van der Waals surface area (Å²) < 4.78 is 0. The van der Waals surface area contributed by atoms with Crippen LogP contribution in [-0.4, -0.2) is 17.6 Å². The fraction of sp³-hybridized carbons (Fsp3) is 0.375. The highest BCUT2D eigenvalue weighted by molar-refractivity contribution is 6.32. The summed E-state index contributed by atoms with van der Waals surface area (Å²) in [6.07, 6.45) is 1.69. The zero-order valence-corrected chi connectivity index (χ0v) is 7.67. The van der Waals surface area contributed by atoms with E-state index < -0.39 is 0 Å². The molecule has 4 heteroatoms. The van der Waals surface area contributed by atoms with Crippen molar-refractivity contribution in [3.05, 3.63) is 23.4 Å². The molecule has 0 bridgehead atoms. The number of anilines is 1. The minimum Gasteiger partial charge on any atom is -0.365 e. The normalized spacial score (nSPS) is 12.6. The van der Waals surface area contributed by atoms with Crippen LogP contribution in [-0.2, 0) is 0 Å². The van der Waals surface area contributed by atoms with Crippen LogP contribution in [0.1, 0.15) is 6.92 Å². The molecule has 12 heavy (non-hydrogen) atoms. The molecule has 0 saturated carbocycles. The molecule has 0 saturated heterocycles. The standard InChI is InChI=1S/C8H12ClN3/c1-6(5-10)12-8-7(9)3-2-4-11-8/h2-4,6H,5,10H2,1H3,(H,11,12). The summed E-state index contributed by atoms with van der Waals surface area (Å²) >= 11 is 5.86. The van der Waals surface area contributed by atoms with Gasteiger partial charge in [-0.15, -0.1) is 0 Å². The maximum Gasteiger partial charge on any atom is 0.144 e. The molecule has 0 aliphatic heterocycles. The largest absolute Gasteiger partial charge is 0.365 e. The maximum atomic E-state index is 5.86. The summed E-state index contributed by atoms with van der Waals surface area (Å²) in [5, 5.41) is 3.71. The topological polar surface area (TPSA) is 50.9 Å². The first-order chi connectivity index (χ1) is 5.74. The van der Waals surface area contributed by atoms with Crippen molar-refractivity contribution in [2.24, 2.45) is 5.73 Å². The zero-order valence-electron chi connectivity index (χ0n) is 6.92. The van der Waals surface area contributed by atoms with E-state index in [9.17, 15) is 0 Å². The highest BCUT2D eigenvalue weighted by Crippen LogP contribution is 2.17. The second kappa shape index (κ2) is 4.28. The third kappa shape index (κ3) is 2.36. The predicted molar refractivity (Wildman–Crippen MR) is 51.4 cm³/mol. The molecular weight excluding hydrogens is 174 g/mol. The fourth-order valence-electron chi connectivity index (χ4n) is 0.784. The Hall–Kier alpha value is -0.800. The van der Waals surface area contributed by atoms with E-state index >= 15 is 0 Å². The van der Waals surface area contributed by atoms with Gasteiger partial charge in [0, 0.05) is 18.8 Å². The number of nitrogens with one attached hydrogen (secondary N) is 1. The third-order valence-electron chi connectivity index (χ3n) is 1.50. The Labute approximate surface area is 76.9 Å². The number of halogens is 1. The molecule has 1 unspecified atom stereocenters. The average molecular weight is 186 g/mol. The van der Waals surface area contributed by atoms with Gasteiger partial charge in [0.1, 0.15) is 5.82 Å². The predicted octanol–water partition coefficient (Wildman–Crippen LogP) is 1.49. The smallest absolute Gasteiger partial charge is 0.144 e. The Kier molecular flexibility index (Phi) is 3.31. The van der Waals surface area contributed by atoms with Gasteiger partial charge < -0.3 is 11.1 Å². The fourth-order valence-corrected chi connectivity index (χ4v) is 0.960. The third-order valence-corrected chi connectivity index (χ3v) is 1.80. The number of nitrogens with two attached hydrogens (primary N) is 1. The molecule has 0 aromatic carbocycles. The van der Waals surface area contributed by atoms with Crippen molar-refractivity contribution in [2.45, 2.75) is 13.0 Å². The average Bonchev–Trinajstić information content (AvgIpc) is 2.09. The van der Waals surface area contributed by atoms with E-state index in [-0.39, 0.29) is 6.04 Å². The van der Waals surface area contributed by atoms with Crippen LogP contribution in [0.5, 0.6) is 0 Å². The molecule has 0 spiro atoms. The minimum absolute atomic E-state index is 0.192. The minimum atomic E-state index is 0.192. The number of hydrogen-bond acceptors (Lipinski definition) is 3. The number of hydrogen-bond donors (Lipinski definition) is 2. The van der Waals surface area contributed by atoms with Gasteiger partial charge >= 0.3 is 0 Å². The van der Waals surface area contributed by atoms with Crippen LogP contribution in [0.2, 0.25) is 5.02 Å². The zero-order chi connectivity index (χ0) is 8.97. The van der Waals surface area contributed by atoms with Gasteiger partial charge in [0.2, 0.25) is 0 Å². The van der Waals surface area contributed by atoms with Crippen molar-refractivity contribution in [1.29, 1.82) is 0 Å². The number of nitrogens with zero attached hydrogens (tertiary/aromatic N) is 1. The van der Waals surface area contributed by atoms with Crippen LogP contribution in [0, 0.1) is 0 Å². The quantitative estimate of drug-likeness (QED) is 0.751. The van der Waals surface area contributed by atoms with Gasteiger partial charge in [-0.1, -0.05) is 11.6 Å². The van der Waals surface area contributed by atoms with E-state index in [1.54, 1.807) is 18.3 Å². The number of aromatic nitrogens is 1. The van der Waals surface area contributed by atoms with Crippen LogP contribution in [0.25, 0.3) is 0 Å². The first kappa shape index (κ1) is 9.29. The van der Waals surface area contributed by atoms with Gasteiger partial charge in [0.25, 0.3) is 0 Å². The molecule has 66 valence electrons. The molecule has 1 atom stereocenters. The molecule has 0 radical (unpaired) electrons. The molecule has 1 aromatic heterocycles. The van der Waals surface area contributed by atoms with E-state index in [0.29, 0.717) is 17.4 Å².